The molecule has 0 N–H and O–H groups in total. The summed E-state index contributed by atoms with van der Waals surface area (Å²) in [5.74, 6) is 0.821. The second kappa shape index (κ2) is 8.85. The minimum atomic E-state index is -0.218. The molecular weight excluding hydrogens is 353 g/mol. The Morgan fingerprint density at radius 3 is 2.30 bits per heavy atom. The number of rotatable bonds is 9. The van der Waals surface area contributed by atoms with Gasteiger partial charge in [-0.05, 0) is 35.3 Å². The molecule has 0 radical (unpaired) electrons. The molecule has 2 rings (SSSR count). The molecule has 1 unspecified atom stereocenters. The Morgan fingerprint density at radius 1 is 1.11 bits per heavy atom. The number of nitrogens with zero attached hydrogens (tertiary/aromatic N) is 1. The SMILES string of the molecule is CBC(C)(C)C(C)(C)c1ccc(N2C(=O)CC(SCCCCC)C2=O)cc1. The first-order valence-corrected chi connectivity index (χ1v) is 11.3. The second-order valence-corrected chi connectivity index (χ2v) is 10.1. The zero-order valence-electron chi connectivity index (χ0n) is 17.8. The average Bonchev–Trinajstić information content (AvgIpc) is 2.92. The van der Waals surface area contributed by atoms with Gasteiger partial charge in [0.2, 0.25) is 11.8 Å². The van der Waals surface area contributed by atoms with E-state index in [1.807, 2.05) is 12.1 Å². The van der Waals surface area contributed by atoms with Crippen LogP contribution in [0.2, 0.25) is 12.1 Å². The third-order valence-electron chi connectivity index (χ3n) is 6.60. The van der Waals surface area contributed by atoms with E-state index in [0.29, 0.717) is 12.1 Å². The van der Waals surface area contributed by atoms with Gasteiger partial charge in [0.05, 0.1) is 10.9 Å². The molecule has 1 heterocycles. The van der Waals surface area contributed by atoms with Crippen LogP contribution in [0.4, 0.5) is 5.69 Å². The van der Waals surface area contributed by atoms with Crippen molar-refractivity contribution in [1.29, 1.82) is 0 Å². The Hall–Kier alpha value is -1.23. The third kappa shape index (κ3) is 4.61. The molecule has 0 saturated carbocycles. The first kappa shape index (κ1) is 22.1. The van der Waals surface area contributed by atoms with E-state index in [0.717, 1.165) is 19.5 Å². The highest BCUT2D eigenvalue weighted by molar-refractivity contribution is 8.00. The van der Waals surface area contributed by atoms with E-state index >= 15 is 0 Å². The number of imide groups is 1. The molecule has 1 aliphatic heterocycles. The van der Waals surface area contributed by atoms with Crippen molar-refractivity contribution in [3.05, 3.63) is 29.8 Å². The smallest absolute Gasteiger partial charge is 0.247 e. The Balaban J connectivity index is 2.12. The van der Waals surface area contributed by atoms with E-state index in [-0.39, 0.29) is 27.8 Å². The van der Waals surface area contributed by atoms with Gasteiger partial charge in [0, 0.05) is 6.42 Å². The molecular formula is C22H34BNO2S. The van der Waals surface area contributed by atoms with Crippen LogP contribution in [0.5, 0.6) is 0 Å². The van der Waals surface area contributed by atoms with Crippen molar-refractivity contribution in [2.24, 2.45) is 0 Å². The first-order valence-electron chi connectivity index (χ1n) is 10.2. The zero-order chi connectivity index (χ0) is 20.2. The van der Waals surface area contributed by atoms with Crippen molar-refractivity contribution in [1.82, 2.24) is 0 Å². The monoisotopic (exact) mass is 387 g/mol. The topological polar surface area (TPSA) is 37.4 Å². The van der Waals surface area contributed by atoms with Gasteiger partial charge in [-0.15, -0.1) is 11.8 Å². The van der Waals surface area contributed by atoms with Crippen LogP contribution in [0.25, 0.3) is 0 Å². The predicted molar refractivity (Wildman–Crippen MR) is 119 cm³/mol. The number of unbranched alkanes of at least 4 members (excludes halogenated alkanes) is 2. The fourth-order valence-corrected chi connectivity index (χ4v) is 4.61. The molecule has 1 aliphatic rings. The third-order valence-corrected chi connectivity index (χ3v) is 7.89. The van der Waals surface area contributed by atoms with Crippen LogP contribution >= 0.6 is 11.8 Å². The summed E-state index contributed by atoms with van der Waals surface area (Å²) in [7, 11) is 1.09. The second-order valence-electron chi connectivity index (χ2n) is 8.75. The number of anilines is 1. The Labute approximate surface area is 169 Å². The maximum atomic E-state index is 12.8. The molecule has 3 nitrogen and oxygen atoms in total. The van der Waals surface area contributed by atoms with Crippen molar-refractivity contribution in [2.45, 2.75) is 83.1 Å². The molecule has 2 amide bonds. The number of thioether (sulfide) groups is 1. The van der Waals surface area contributed by atoms with Gasteiger partial charge in [0.15, 0.2) is 0 Å². The van der Waals surface area contributed by atoms with Gasteiger partial charge in [-0.2, -0.15) is 0 Å². The molecule has 0 aromatic heterocycles. The number of carbonyl (C=O) groups is 2. The van der Waals surface area contributed by atoms with Crippen LogP contribution in [-0.4, -0.2) is 30.1 Å². The Morgan fingerprint density at radius 2 is 1.74 bits per heavy atom. The molecule has 1 atom stereocenters. The van der Waals surface area contributed by atoms with Gasteiger partial charge in [-0.25, -0.2) is 4.90 Å². The Bertz CT molecular complexity index is 669. The van der Waals surface area contributed by atoms with Crippen molar-refractivity contribution >= 4 is 36.5 Å². The minimum absolute atomic E-state index is 0.0109. The van der Waals surface area contributed by atoms with E-state index < -0.39 is 0 Å². The molecule has 5 heteroatoms. The summed E-state index contributed by atoms with van der Waals surface area (Å²) in [4.78, 5) is 26.6. The van der Waals surface area contributed by atoms with Gasteiger partial charge in [-0.1, -0.05) is 71.7 Å². The highest BCUT2D eigenvalue weighted by Gasteiger charge is 2.40. The maximum absolute atomic E-state index is 12.8. The van der Waals surface area contributed by atoms with Crippen LogP contribution in [0.1, 0.15) is 65.9 Å². The number of hydrogen-bond acceptors (Lipinski definition) is 3. The van der Waals surface area contributed by atoms with Gasteiger partial charge in [0.1, 0.15) is 7.28 Å². The van der Waals surface area contributed by atoms with E-state index in [1.165, 1.54) is 23.3 Å². The predicted octanol–water partition coefficient (Wildman–Crippen LogP) is 5.20. The molecule has 0 bridgehead atoms. The first-order chi connectivity index (χ1) is 12.7. The number of carbonyl (C=O) groups excluding carboxylic acids is 2. The highest BCUT2D eigenvalue weighted by Crippen LogP contribution is 2.46. The van der Waals surface area contributed by atoms with Crippen LogP contribution in [0, 0.1) is 0 Å². The van der Waals surface area contributed by atoms with Gasteiger partial charge in [0.25, 0.3) is 0 Å². The summed E-state index contributed by atoms with van der Waals surface area (Å²) in [5, 5.41) is -0.0573. The lowest BCUT2D eigenvalue weighted by atomic mass is 9.44. The standard InChI is InChI=1S/C22H34BNO2S/c1-7-8-9-14-27-18-15-19(25)24(20(18)26)17-12-10-16(11-13-17)21(2,3)22(4,5)23-6/h10-13,18,23H,7-9,14-15H2,1-6H3. The summed E-state index contributed by atoms with van der Waals surface area (Å²) in [6, 6.07) is 8.02. The summed E-state index contributed by atoms with van der Waals surface area (Å²) in [5.41, 5.74) is 1.95. The fraction of sp³-hybridized carbons (Fsp3) is 0.636. The Kier molecular flexibility index (Phi) is 7.23. The molecule has 1 aromatic carbocycles. The lowest BCUT2D eigenvalue weighted by molar-refractivity contribution is -0.121. The maximum Gasteiger partial charge on any atom is 0.247 e. The van der Waals surface area contributed by atoms with Gasteiger partial charge >= 0.3 is 0 Å². The van der Waals surface area contributed by atoms with Crippen molar-refractivity contribution in [3.8, 4) is 0 Å². The number of benzene rings is 1. The number of hydrogen-bond donors (Lipinski definition) is 0. The van der Waals surface area contributed by atoms with Gasteiger partial charge < -0.3 is 0 Å². The molecule has 0 aliphatic carbocycles. The summed E-state index contributed by atoms with van der Waals surface area (Å²) < 4.78 is 0. The fourth-order valence-electron chi connectivity index (χ4n) is 3.44. The summed E-state index contributed by atoms with van der Waals surface area (Å²) >= 11 is 1.64. The van der Waals surface area contributed by atoms with E-state index in [2.05, 4.69) is 53.6 Å². The van der Waals surface area contributed by atoms with E-state index in [9.17, 15) is 9.59 Å². The molecule has 1 fully saturated rings. The minimum Gasteiger partial charge on any atom is -0.274 e. The van der Waals surface area contributed by atoms with Crippen LogP contribution in [0.15, 0.2) is 24.3 Å². The normalized spacial score (nSPS) is 18.3. The highest BCUT2D eigenvalue weighted by atomic mass is 32.2. The van der Waals surface area contributed by atoms with Crippen molar-refractivity contribution in [3.63, 3.8) is 0 Å². The van der Waals surface area contributed by atoms with E-state index in [4.69, 9.17) is 0 Å². The van der Waals surface area contributed by atoms with Crippen molar-refractivity contribution < 1.29 is 9.59 Å². The quantitative estimate of drug-likeness (QED) is 0.332. The summed E-state index contributed by atoms with van der Waals surface area (Å²) in [6.07, 6.45) is 3.78. The van der Waals surface area contributed by atoms with Crippen LogP contribution in [-0.2, 0) is 15.0 Å². The lowest BCUT2D eigenvalue weighted by Crippen LogP contribution is -2.35. The number of amides is 2. The zero-order valence-corrected chi connectivity index (χ0v) is 18.6. The summed E-state index contributed by atoms with van der Waals surface area (Å²) in [6.45, 7) is 13.5. The van der Waals surface area contributed by atoms with Gasteiger partial charge in [-0.3, -0.25) is 9.59 Å². The lowest BCUT2D eigenvalue weighted by Gasteiger charge is -2.41. The molecule has 27 heavy (non-hydrogen) atoms. The molecule has 0 spiro atoms. The molecule has 1 saturated heterocycles. The van der Waals surface area contributed by atoms with E-state index in [1.54, 1.807) is 11.8 Å². The van der Waals surface area contributed by atoms with Crippen LogP contribution in [0.3, 0.4) is 0 Å². The van der Waals surface area contributed by atoms with Crippen LogP contribution < -0.4 is 4.90 Å². The molecule has 1 aromatic rings. The van der Waals surface area contributed by atoms with Crippen molar-refractivity contribution in [2.75, 3.05) is 10.7 Å². The largest absolute Gasteiger partial charge is 0.274 e. The molecule has 148 valence electrons. The average molecular weight is 387 g/mol.